The molecule has 0 aliphatic carbocycles. The third kappa shape index (κ3) is 4.48. The van der Waals surface area contributed by atoms with Gasteiger partial charge in [0.1, 0.15) is 0 Å². The fourth-order valence-electron chi connectivity index (χ4n) is 2.80. The molecule has 3 aromatic rings. The van der Waals surface area contributed by atoms with Crippen molar-refractivity contribution < 1.29 is 18.1 Å². The standard InChI is InChI=1S/C20H19F3N4O2S/c1-19(2,3)13-7-5-12(6-8-13)17-24-25-18(26(17)4)30-16-10-9-14(20(21,22)23)11-15(16)27(28)29/h5-11H,1-4H3. The van der Waals surface area contributed by atoms with E-state index in [-0.39, 0.29) is 10.3 Å². The summed E-state index contributed by atoms with van der Waals surface area (Å²) in [4.78, 5) is 10.5. The number of nitrogens with zero attached hydrogens (tertiary/aromatic N) is 4. The zero-order chi connectivity index (χ0) is 22.3. The van der Waals surface area contributed by atoms with Crippen molar-refractivity contribution in [3.63, 3.8) is 0 Å². The molecule has 1 heterocycles. The van der Waals surface area contributed by atoms with Crippen molar-refractivity contribution in [3.05, 3.63) is 63.7 Å². The molecule has 6 nitrogen and oxygen atoms in total. The Morgan fingerprint density at radius 3 is 2.13 bits per heavy atom. The molecule has 3 rings (SSSR count). The maximum absolute atomic E-state index is 12.9. The summed E-state index contributed by atoms with van der Waals surface area (Å²) in [6.07, 6.45) is -4.66. The number of aromatic nitrogens is 3. The third-order valence-electron chi connectivity index (χ3n) is 4.53. The van der Waals surface area contributed by atoms with Crippen LogP contribution in [0.4, 0.5) is 18.9 Å². The Kier molecular flexibility index (Phi) is 5.64. The van der Waals surface area contributed by atoms with Gasteiger partial charge in [-0.15, -0.1) is 10.2 Å². The lowest BCUT2D eigenvalue weighted by atomic mass is 9.87. The molecule has 0 aliphatic heterocycles. The number of alkyl halides is 3. The van der Waals surface area contributed by atoms with Crippen LogP contribution in [0.25, 0.3) is 11.4 Å². The summed E-state index contributed by atoms with van der Waals surface area (Å²) in [5.74, 6) is 0.549. The van der Waals surface area contributed by atoms with E-state index in [2.05, 4.69) is 31.0 Å². The first-order chi connectivity index (χ1) is 13.9. The Labute approximate surface area is 175 Å². The largest absolute Gasteiger partial charge is 0.416 e. The Balaban J connectivity index is 1.93. The highest BCUT2D eigenvalue weighted by Crippen LogP contribution is 2.39. The predicted octanol–water partition coefficient (Wildman–Crippen LogP) is 5.86. The molecule has 158 valence electrons. The topological polar surface area (TPSA) is 73.8 Å². The van der Waals surface area contributed by atoms with Gasteiger partial charge < -0.3 is 4.57 Å². The molecule has 0 spiro atoms. The zero-order valence-corrected chi connectivity index (χ0v) is 17.5. The van der Waals surface area contributed by atoms with Crippen LogP contribution in [0.3, 0.4) is 0 Å². The molecule has 0 bridgehead atoms. The van der Waals surface area contributed by atoms with E-state index in [1.807, 2.05) is 24.3 Å². The second kappa shape index (κ2) is 7.75. The van der Waals surface area contributed by atoms with Crippen molar-refractivity contribution >= 4 is 17.4 Å². The third-order valence-corrected chi connectivity index (χ3v) is 5.63. The lowest BCUT2D eigenvalue weighted by Gasteiger charge is -2.19. The highest BCUT2D eigenvalue weighted by molar-refractivity contribution is 7.99. The van der Waals surface area contributed by atoms with E-state index in [1.165, 1.54) is 0 Å². The molecule has 0 saturated carbocycles. The van der Waals surface area contributed by atoms with Gasteiger partial charge in [0, 0.05) is 18.7 Å². The summed E-state index contributed by atoms with van der Waals surface area (Å²) in [6.45, 7) is 6.32. The summed E-state index contributed by atoms with van der Waals surface area (Å²) >= 11 is 0.892. The molecule has 0 saturated heterocycles. The number of benzene rings is 2. The normalized spacial score (nSPS) is 12.2. The molecule has 0 radical (unpaired) electrons. The number of rotatable bonds is 4. The summed E-state index contributed by atoms with van der Waals surface area (Å²) in [5, 5.41) is 19.8. The quantitative estimate of drug-likeness (QED) is 0.378. The summed E-state index contributed by atoms with van der Waals surface area (Å²) in [6, 6.07) is 10.3. The molecule has 1 aromatic heterocycles. The van der Waals surface area contributed by atoms with Gasteiger partial charge in [0.15, 0.2) is 11.0 Å². The Hall–Kier alpha value is -2.88. The first kappa shape index (κ1) is 21.8. The van der Waals surface area contributed by atoms with Gasteiger partial charge in [-0.25, -0.2) is 0 Å². The average Bonchev–Trinajstić information content (AvgIpc) is 3.01. The van der Waals surface area contributed by atoms with Gasteiger partial charge in [0.05, 0.1) is 15.4 Å². The fraction of sp³-hybridized carbons (Fsp3) is 0.300. The van der Waals surface area contributed by atoms with Crippen LogP contribution in [0.1, 0.15) is 31.9 Å². The van der Waals surface area contributed by atoms with Crippen molar-refractivity contribution in [3.8, 4) is 11.4 Å². The average molecular weight is 436 g/mol. The lowest BCUT2D eigenvalue weighted by molar-refractivity contribution is -0.388. The molecule has 2 aromatic carbocycles. The minimum Gasteiger partial charge on any atom is -0.305 e. The van der Waals surface area contributed by atoms with E-state index in [0.29, 0.717) is 17.0 Å². The van der Waals surface area contributed by atoms with E-state index < -0.39 is 22.4 Å². The molecular weight excluding hydrogens is 417 g/mol. The minimum absolute atomic E-state index is 0.000935. The molecule has 0 atom stereocenters. The Bertz CT molecular complexity index is 1090. The highest BCUT2D eigenvalue weighted by atomic mass is 32.2. The first-order valence-electron chi connectivity index (χ1n) is 8.91. The molecule has 0 amide bonds. The van der Waals surface area contributed by atoms with E-state index in [1.54, 1.807) is 11.6 Å². The van der Waals surface area contributed by atoms with Crippen LogP contribution in [0.15, 0.2) is 52.5 Å². The van der Waals surface area contributed by atoms with Crippen LogP contribution >= 0.6 is 11.8 Å². The van der Waals surface area contributed by atoms with Gasteiger partial charge in [-0.1, -0.05) is 45.0 Å². The molecule has 0 unspecified atom stereocenters. The highest BCUT2D eigenvalue weighted by Gasteiger charge is 2.33. The summed E-state index contributed by atoms with van der Waals surface area (Å²) < 4.78 is 40.3. The monoisotopic (exact) mass is 436 g/mol. The van der Waals surface area contributed by atoms with Gasteiger partial charge in [0.2, 0.25) is 0 Å². The van der Waals surface area contributed by atoms with Crippen LogP contribution in [0.2, 0.25) is 0 Å². The van der Waals surface area contributed by atoms with Crippen LogP contribution in [-0.2, 0) is 18.6 Å². The van der Waals surface area contributed by atoms with Crippen LogP contribution in [-0.4, -0.2) is 19.7 Å². The maximum Gasteiger partial charge on any atom is 0.416 e. The van der Waals surface area contributed by atoms with Gasteiger partial charge in [-0.2, -0.15) is 13.2 Å². The van der Waals surface area contributed by atoms with Crippen LogP contribution in [0.5, 0.6) is 0 Å². The van der Waals surface area contributed by atoms with Gasteiger partial charge in [-0.3, -0.25) is 10.1 Å². The summed E-state index contributed by atoms with van der Waals surface area (Å²) in [5.41, 5.74) is 0.265. The second-order valence-corrected chi connectivity index (χ2v) is 8.74. The van der Waals surface area contributed by atoms with Gasteiger partial charge in [0.25, 0.3) is 5.69 Å². The molecule has 10 heteroatoms. The number of nitro groups is 1. The van der Waals surface area contributed by atoms with Crippen LogP contribution < -0.4 is 0 Å². The Morgan fingerprint density at radius 1 is 1.00 bits per heavy atom. The van der Waals surface area contributed by atoms with Crippen molar-refractivity contribution in [2.75, 3.05) is 0 Å². The van der Waals surface area contributed by atoms with Crippen molar-refractivity contribution in [1.82, 2.24) is 14.8 Å². The SMILES string of the molecule is Cn1c(Sc2ccc(C(F)(F)F)cc2[N+](=O)[O-])nnc1-c1ccc(C(C)(C)C)cc1. The lowest BCUT2D eigenvalue weighted by Crippen LogP contribution is -2.10. The van der Waals surface area contributed by atoms with Crippen molar-refractivity contribution in [1.29, 1.82) is 0 Å². The number of halogens is 3. The number of hydrogen-bond acceptors (Lipinski definition) is 5. The van der Waals surface area contributed by atoms with E-state index in [4.69, 9.17) is 0 Å². The molecule has 0 N–H and O–H groups in total. The van der Waals surface area contributed by atoms with E-state index >= 15 is 0 Å². The number of hydrogen-bond donors (Lipinski definition) is 0. The van der Waals surface area contributed by atoms with Gasteiger partial charge >= 0.3 is 6.18 Å². The first-order valence-corrected chi connectivity index (χ1v) is 9.73. The van der Waals surface area contributed by atoms with E-state index in [0.717, 1.165) is 35.0 Å². The number of nitro benzene ring substituents is 1. The summed E-state index contributed by atoms with van der Waals surface area (Å²) in [7, 11) is 1.70. The van der Waals surface area contributed by atoms with E-state index in [9.17, 15) is 23.3 Å². The van der Waals surface area contributed by atoms with Gasteiger partial charge in [-0.05, 0) is 34.9 Å². The maximum atomic E-state index is 12.9. The molecule has 0 fully saturated rings. The van der Waals surface area contributed by atoms with Crippen LogP contribution in [0, 0.1) is 10.1 Å². The second-order valence-electron chi connectivity index (χ2n) is 7.73. The fourth-order valence-corrected chi connectivity index (χ4v) is 3.67. The molecule has 0 aliphatic rings. The van der Waals surface area contributed by atoms with Crippen molar-refractivity contribution in [2.45, 2.75) is 42.4 Å². The minimum atomic E-state index is -4.66. The molecule has 30 heavy (non-hydrogen) atoms. The smallest absolute Gasteiger partial charge is 0.305 e. The predicted molar refractivity (Wildman–Crippen MR) is 107 cm³/mol. The zero-order valence-electron chi connectivity index (χ0n) is 16.7. The van der Waals surface area contributed by atoms with Crippen molar-refractivity contribution in [2.24, 2.45) is 7.05 Å². The molecular formula is C20H19F3N4O2S. The Morgan fingerprint density at radius 2 is 1.60 bits per heavy atom.